The molecule has 0 atom stereocenters. The van der Waals surface area contributed by atoms with Crippen molar-refractivity contribution >= 4 is 9.76 Å². The van der Waals surface area contributed by atoms with Gasteiger partial charge in [-0.2, -0.15) is 0 Å². The minimum Gasteiger partial charge on any atom is -0.536 e. The standard InChI is InChI=1S/C6H6O3Si/c1-10-9-5-3-2-4-8-6(5)7/h2-4H,1H3. The zero-order valence-electron chi connectivity index (χ0n) is 5.46. The van der Waals surface area contributed by atoms with Crippen LogP contribution in [0.3, 0.4) is 0 Å². The van der Waals surface area contributed by atoms with Crippen molar-refractivity contribution in [2.24, 2.45) is 0 Å². The molecule has 3 nitrogen and oxygen atoms in total. The van der Waals surface area contributed by atoms with Crippen LogP contribution < -0.4 is 10.1 Å². The fourth-order valence-corrected chi connectivity index (χ4v) is 0.911. The number of hydrogen-bond acceptors (Lipinski definition) is 3. The van der Waals surface area contributed by atoms with E-state index in [1.165, 1.54) is 6.26 Å². The van der Waals surface area contributed by atoms with Gasteiger partial charge in [0.05, 0.1) is 6.26 Å². The van der Waals surface area contributed by atoms with Gasteiger partial charge in [-0.25, -0.2) is 4.79 Å². The Morgan fingerprint density at radius 3 is 3.10 bits per heavy atom. The maximum atomic E-state index is 10.7. The van der Waals surface area contributed by atoms with Crippen LogP contribution in [0.25, 0.3) is 0 Å². The third-order valence-corrected chi connectivity index (χ3v) is 1.34. The van der Waals surface area contributed by atoms with E-state index in [4.69, 9.17) is 4.43 Å². The summed E-state index contributed by atoms with van der Waals surface area (Å²) in [6.45, 7) is 1.84. The van der Waals surface area contributed by atoms with Crippen molar-refractivity contribution in [3.63, 3.8) is 0 Å². The van der Waals surface area contributed by atoms with Crippen molar-refractivity contribution in [3.8, 4) is 5.75 Å². The molecular formula is C6H6O3Si. The lowest BCUT2D eigenvalue weighted by molar-refractivity contribution is 0.466. The van der Waals surface area contributed by atoms with E-state index in [0.29, 0.717) is 0 Å². The van der Waals surface area contributed by atoms with Crippen molar-refractivity contribution in [2.75, 3.05) is 0 Å². The van der Waals surface area contributed by atoms with Gasteiger partial charge in [0.15, 0.2) is 5.75 Å². The Bertz CT molecular complexity index is 255. The van der Waals surface area contributed by atoms with E-state index in [1.807, 2.05) is 6.55 Å². The molecule has 0 aliphatic rings. The monoisotopic (exact) mass is 154 g/mol. The fraction of sp³-hybridized carbons (Fsp3) is 0.167. The predicted octanol–water partition coefficient (Wildman–Crippen LogP) is 0.686. The average Bonchev–Trinajstić information content (AvgIpc) is 1.94. The van der Waals surface area contributed by atoms with E-state index >= 15 is 0 Å². The Kier molecular flexibility index (Phi) is 2.28. The summed E-state index contributed by atoms with van der Waals surface area (Å²) in [5.41, 5.74) is -0.420. The van der Waals surface area contributed by atoms with E-state index in [0.717, 1.165) is 0 Å². The first-order valence-corrected chi connectivity index (χ1v) is 4.17. The summed E-state index contributed by atoms with van der Waals surface area (Å²) in [5.74, 6) is 0.281. The Morgan fingerprint density at radius 2 is 2.50 bits per heavy atom. The van der Waals surface area contributed by atoms with Crippen LogP contribution in [0.4, 0.5) is 0 Å². The summed E-state index contributed by atoms with van der Waals surface area (Å²) in [7, 11) is 0.272. The van der Waals surface area contributed by atoms with Gasteiger partial charge < -0.3 is 8.84 Å². The molecule has 0 spiro atoms. The summed E-state index contributed by atoms with van der Waals surface area (Å²) in [4.78, 5) is 10.7. The summed E-state index contributed by atoms with van der Waals surface area (Å²) in [6.07, 6.45) is 1.33. The average molecular weight is 154 g/mol. The molecule has 0 bridgehead atoms. The van der Waals surface area contributed by atoms with Gasteiger partial charge in [-0.3, -0.25) is 0 Å². The number of hydrogen-bond donors (Lipinski definition) is 0. The maximum absolute atomic E-state index is 10.7. The lowest BCUT2D eigenvalue weighted by atomic mass is 10.5. The number of rotatable bonds is 2. The quantitative estimate of drug-likeness (QED) is 0.588. The molecule has 10 heavy (non-hydrogen) atoms. The third-order valence-electron chi connectivity index (χ3n) is 0.914. The molecule has 0 fully saturated rings. The van der Waals surface area contributed by atoms with Gasteiger partial charge in [0.2, 0.25) is 0 Å². The molecule has 0 aliphatic carbocycles. The molecule has 0 unspecified atom stereocenters. The normalized spacial score (nSPS) is 9.30. The van der Waals surface area contributed by atoms with Crippen LogP contribution in [0.5, 0.6) is 5.75 Å². The molecular weight excluding hydrogens is 148 g/mol. The summed E-state index contributed by atoms with van der Waals surface area (Å²) >= 11 is 0. The maximum Gasteiger partial charge on any atom is 0.377 e. The molecule has 0 saturated heterocycles. The fourth-order valence-electron chi connectivity index (χ4n) is 0.540. The second-order valence-corrected chi connectivity index (χ2v) is 2.18. The smallest absolute Gasteiger partial charge is 0.377 e. The highest BCUT2D eigenvalue weighted by atomic mass is 28.2. The predicted molar refractivity (Wildman–Crippen MR) is 37.2 cm³/mol. The van der Waals surface area contributed by atoms with Crippen LogP contribution >= 0.6 is 0 Å². The highest BCUT2D eigenvalue weighted by Crippen LogP contribution is 1.98. The van der Waals surface area contributed by atoms with Crippen LogP contribution in [0.2, 0.25) is 6.55 Å². The lowest BCUT2D eigenvalue weighted by Gasteiger charge is -1.96. The second kappa shape index (κ2) is 3.22. The molecule has 4 heteroatoms. The molecule has 0 saturated carbocycles. The van der Waals surface area contributed by atoms with Gasteiger partial charge in [-0.15, -0.1) is 0 Å². The van der Waals surface area contributed by atoms with Crippen molar-refractivity contribution in [3.05, 3.63) is 28.8 Å². The molecule has 1 aromatic heterocycles. The van der Waals surface area contributed by atoms with Gasteiger partial charge in [-0.1, -0.05) is 0 Å². The molecule has 1 rings (SSSR count). The summed E-state index contributed by atoms with van der Waals surface area (Å²) in [5, 5.41) is 0. The molecule has 52 valence electrons. The molecule has 1 aromatic rings. The second-order valence-electron chi connectivity index (χ2n) is 1.57. The van der Waals surface area contributed by atoms with Gasteiger partial charge in [0.1, 0.15) is 0 Å². The van der Waals surface area contributed by atoms with Crippen LogP contribution in [0.15, 0.2) is 27.6 Å². The highest BCUT2D eigenvalue weighted by molar-refractivity contribution is 6.26. The van der Waals surface area contributed by atoms with Crippen molar-refractivity contribution < 1.29 is 8.84 Å². The van der Waals surface area contributed by atoms with E-state index in [9.17, 15) is 4.79 Å². The highest BCUT2D eigenvalue weighted by Gasteiger charge is 1.97. The lowest BCUT2D eigenvalue weighted by Crippen LogP contribution is -2.06. The van der Waals surface area contributed by atoms with Crippen LogP contribution in [-0.2, 0) is 0 Å². The Labute approximate surface area is 60.6 Å². The van der Waals surface area contributed by atoms with E-state index < -0.39 is 5.63 Å². The minimum atomic E-state index is -0.420. The Hall–Kier alpha value is -1.03. The topological polar surface area (TPSA) is 39.4 Å². The van der Waals surface area contributed by atoms with Crippen LogP contribution in [0, 0.1) is 0 Å². The Morgan fingerprint density at radius 1 is 1.70 bits per heavy atom. The van der Waals surface area contributed by atoms with Gasteiger partial charge in [-0.05, 0) is 18.7 Å². The molecule has 0 amide bonds. The third kappa shape index (κ3) is 1.48. The molecule has 0 N–H and O–H groups in total. The Balaban J connectivity index is 2.92. The van der Waals surface area contributed by atoms with E-state index in [2.05, 4.69) is 4.42 Å². The van der Waals surface area contributed by atoms with Crippen LogP contribution in [-0.4, -0.2) is 9.76 Å². The van der Waals surface area contributed by atoms with E-state index in [-0.39, 0.29) is 15.5 Å². The summed E-state index contributed by atoms with van der Waals surface area (Å²) in [6, 6.07) is 3.21. The molecule has 0 aliphatic heterocycles. The van der Waals surface area contributed by atoms with Crippen molar-refractivity contribution in [2.45, 2.75) is 6.55 Å². The zero-order valence-corrected chi connectivity index (χ0v) is 6.46. The zero-order chi connectivity index (χ0) is 7.40. The first-order chi connectivity index (χ1) is 4.84. The molecule has 2 radical (unpaired) electrons. The molecule has 1 heterocycles. The van der Waals surface area contributed by atoms with Crippen molar-refractivity contribution in [1.29, 1.82) is 0 Å². The first-order valence-electron chi connectivity index (χ1n) is 2.76. The van der Waals surface area contributed by atoms with Gasteiger partial charge in [0.25, 0.3) is 0 Å². The van der Waals surface area contributed by atoms with Gasteiger partial charge >= 0.3 is 15.4 Å². The van der Waals surface area contributed by atoms with Crippen molar-refractivity contribution in [1.82, 2.24) is 0 Å². The van der Waals surface area contributed by atoms with Crippen LogP contribution in [0.1, 0.15) is 0 Å². The summed E-state index contributed by atoms with van der Waals surface area (Å²) < 4.78 is 9.49. The van der Waals surface area contributed by atoms with E-state index in [1.54, 1.807) is 12.1 Å². The minimum absolute atomic E-state index is 0.272. The van der Waals surface area contributed by atoms with Gasteiger partial charge in [0, 0.05) is 0 Å². The largest absolute Gasteiger partial charge is 0.536 e. The first kappa shape index (κ1) is 7.08. The molecule has 0 aromatic carbocycles. The SMILES string of the molecule is C[Si]Oc1cccoc1=O.